The maximum atomic E-state index is 12.8. The molecule has 0 aromatic heterocycles. The number of anilines is 1. The van der Waals surface area contributed by atoms with Crippen LogP contribution in [0.25, 0.3) is 0 Å². The summed E-state index contributed by atoms with van der Waals surface area (Å²) in [6.45, 7) is 5.04. The Morgan fingerprint density at radius 2 is 1.96 bits per heavy atom. The Labute approximate surface area is 161 Å². The number of rotatable bonds is 5. The zero-order valence-corrected chi connectivity index (χ0v) is 16.2. The summed E-state index contributed by atoms with van der Waals surface area (Å²) in [6.07, 6.45) is 7.78. The smallest absolute Gasteiger partial charge is 0.253 e. The van der Waals surface area contributed by atoms with Crippen molar-refractivity contribution in [3.05, 3.63) is 76.9 Å². The lowest BCUT2D eigenvalue weighted by Gasteiger charge is -2.39. The molecule has 2 aromatic carbocycles. The van der Waals surface area contributed by atoms with Gasteiger partial charge in [-0.05, 0) is 48.4 Å². The zero-order chi connectivity index (χ0) is 18.8. The molecule has 0 spiro atoms. The summed E-state index contributed by atoms with van der Waals surface area (Å²) in [4.78, 5) is 12.8. The molecule has 1 aliphatic carbocycles. The molecule has 1 aliphatic heterocycles. The molecule has 27 heavy (non-hydrogen) atoms. The zero-order valence-electron chi connectivity index (χ0n) is 16.2. The molecular formula is C24H28N2O. The van der Waals surface area contributed by atoms with Gasteiger partial charge in [-0.25, -0.2) is 0 Å². The van der Waals surface area contributed by atoms with E-state index in [0.29, 0.717) is 11.8 Å². The van der Waals surface area contributed by atoms with Gasteiger partial charge in [0.2, 0.25) is 0 Å². The molecule has 3 unspecified atom stereocenters. The minimum absolute atomic E-state index is 0.0248. The monoisotopic (exact) mass is 360 g/mol. The summed E-state index contributed by atoms with van der Waals surface area (Å²) in [5.41, 5.74) is 5.66. The van der Waals surface area contributed by atoms with Crippen LogP contribution in [0.15, 0.2) is 54.6 Å². The van der Waals surface area contributed by atoms with Gasteiger partial charge in [0, 0.05) is 12.5 Å². The number of benzene rings is 2. The highest BCUT2D eigenvalue weighted by Gasteiger charge is 2.39. The van der Waals surface area contributed by atoms with E-state index in [9.17, 15) is 4.79 Å². The van der Waals surface area contributed by atoms with E-state index in [0.717, 1.165) is 37.1 Å². The lowest BCUT2D eigenvalue weighted by Crippen LogP contribution is -2.32. The van der Waals surface area contributed by atoms with Gasteiger partial charge in [0.15, 0.2) is 0 Å². The molecule has 0 fully saturated rings. The maximum Gasteiger partial charge on any atom is 0.253 e. The SMILES string of the molecule is CCCCNC(=O)c1cccc2c1NC(c1ccccc1C)C1CC=CC21. The fourth-order valence-corrected chi connectivity index (χ4v) is 4.53. The van der Waals surface area contributed by atoms with Gasteiger partial charge in [0.1, 0.15) is 0 Å². The number of para-hydroxylation sites is 1. The van der Waals surface area contributed by atoms with Crippen molar-refractivity contribution in [3.8, 4) is 0 Å². The number of carbonyl (C=O) groups excluding carboxylic acids is 1. The van der Waals surface area contributed by atoms with Crippen LogP contribution in [0.3, 0.4) is 0 Å². The Morgan fingerprint density at radius 1 is 1.15 bits per heavy atom. The molecule has 2 aromatic rings. The lowest BCUT2D eigenvalue weighted by atomic mass is 9.75. The van der Waals surface area contributed by atoms with Crippen molar-refractivity contribution in [1.29, 1.82) is 0 Å². The number of amides is 1. The van der Waals surface area contributed by atoms with Gasteiger partial charge in [0.25, 0.3) is 5.91 Å². The average Bonchev–Trinajstić information content (AvgIpc) is 3.18. The van der Waals surface area contributed by atoms with Crippen molar-refractivity contribution in [2.45, 2.75) is 45.1 Å². The highest BCUT2D eigenvalue weighted by Crippen LogP contribution is 2.51. The second-order valence-electron chi connectivity index (χ2n) is 7.71. The summed E-state index contributed by atoms with van der Waals surface area (Å²) >= 11 is 0. The third-order valence-corrected chi connectivity index (χ3v) is 5.98. The van der Waals surface area contributed by atoms with Crippen LogP contribution in [0, 0.1) is 12.8 Å². The first kappa shape index (κ1) is 17.8. The Bertz CT molecular complexity index is 870. The maximum absolute atomic E-state index is 12.8. The Hall–Kier alpha value is -2.55. The predicted octanol–water partition coefficient (Wildman–Crippen LogP) is 5.35. The fourth-order valence-electron chi connectivity index (χ4n) is 4.53. The topological polar surface area (TPSA) is 41.1 Å². The van der Waals surface area contributed by atoms with Gasteiger partial charge in [0.05, 0.1) is 17.3 Å². The predicted molar refractivity (Wildman–Crippen MR) is 111 cm³/mol. The van der Waals surface area contributed by atoms with Crippen LogP contribution in [0.5, 0.6) is 0 Å². The first-order valence-electron chi connectivity index (χ1n) is 10.1. The third kappa shape index (κ3) is 3.27. The molecule has 4 rings (SSSR count). The van der Waals surface area contributed by atoms with E-state index < -0.39 is 0 Å². The van der Waals surface area contributed by atoms with Gasteiger partial charge in [-0.1, -0.05) is 61.9 Å². The third-order valence-electron chi connectivity index (χ3n) is 5.98. The number of allylic oxidation sites excluding steroid dienone is 2. The van der Waals surface area contributed by atoms with Crippen molar-refractivity contribution in [2.75, 3.05) is 11.9 Å². The molecule has 1 amide bonds. The number of unbranched alkanes of at least 4 members (excludes halogenated alkanes) is 1. The van der Waals surface area contributed by atoms with Crippen LogP contribution in [0.2, 0.25) is 0 Å². The van der Waals surface area contributed by atoms with Gasteiger partial charge in [-0.2, -0.15) is 0 Å². The van der Waals surface area contributed by atoms with Crippen LogP contribution < -0.4 is 10.6 Å². The van der Waals surface area contributed by atoms with Crippen LogP contribution in [0.1, 0.15) is 65.2 Å². The summed E-state index contributed by atoms with van der Waals surface area (Å²) in [7, 11) is 0. The summed E-state index contributed by atoms with van der Waals surface area (Å²) < 4.78 is 0. The van der Waals surface area contributed by atoms with Gasteiger partial charge in [-0.3, -0.25) is 4.79 Å². The first-order valence-corrected chi connectivity index (χ1v) is 10.1. The van der Waals surface area contributed by atoms with Crippen molar-refractivity contribution in [1.82, 2.24) is 5.32 Å². The van der Waals surface area contributed by atoms with Crippen molar-refractivity contribution in [3.63, 3.8) is 0 Å². The second-order valence-corrected chi connectivity index (χ2v) is 7.71. The molecule has 1 heterocycles. The van der Waals surface area contributed by atoms with E-state index in [4.69, 9.17) is 0 Å². The number of fused-ring (bicyclic) bond motifs is 3. The molecule has 3 heteroatoms. The molecule has 0 radical (unpaired) electrons. The molecule has 3 atom stereocenters. The van der Waals surface area contributed by atoms with Crippen LogP contribution in [0.4, 0.5) is 5.69 Å². The van der Waals surface area contributed by atoms with Gasteiger partial charge in [-0.15, -0.1) is 0 Å². The standard InChI is InChI=1S/C24H28N2O/c1-3-4-15-25-24(27)21-14-8-13-20-18-11-7-12-19(18)22(26-23(20)21)17-10-6-5-9-16(17)2/h5-11,13-14,18-19,22,26H,3-4,12,15H2,1-2H3,(H,25,27). The number of hydrogen-bond donors (Lipinski definition) is 2. The number of carbonyl (C=O) groups is 1. The molecule has 3 nitrogen and oxygen atoms in total. The summed E-state index contributed by atoms with van der Waals surface area (Å²) in [6, 6.07) is 15.0. The Morgan fingerprint density at radius 3 is 2.78 bits per heavy atom. The number of hydrogen-bond acceptors (Lipinski definition) is 2. The van der Waals surface area contributed by atoms with Crippen LogP contribution in [-0.4, -0.2) is 12.5 Å². The first-order chi connectivity index (χ1) is 13.2. The van der Waals surface area contributed by atoms with E-state index in [1.165, 1.54) is 16.7 Å². The Balaban J connectivity index is 1.72. The molecule has 2 aliphatic rings. The molecule has 2 N–H and O–H groups in total. The highest BCUT2D eigenvalue weighted by molar-refractivity contribution is 6.00. The van der Waals surface area contributed by atoms with E-state index >= 15 is 0 Å². The Kier molecular flexibility index (Phi) is 5.02. The average molecular weight is 361 g/mol. The minimum atomic E-state index is 0.0248. The van der Waals surface area contributed by atoms with E-state index in [-0.39, 0.29) is 11.9 Å². The van der Waals surface area contributed by atoms with E-state index in [2.05, 4.69) is 67.0 Å². The van der Waals surface area contributed by atoms with Crippen LogP contribution >= 0.6 is 0 Å². The van der Waals surface area contributed by atoms with Crippen molar-refractivity contribution < 1.29 is 4.79 Å². The van der Waals surface area contributed by atoms with E-state index in [1.807, 2.05) is 12.1 Å². The normalized spacial score (nSPS) is 22.7. The van der Waals surface area contributed by atoms with E-state index in [1.54, 1.807) is 0 Å². The van der Waals surface area contributed by atoms with Gasteiger partial charge < -0.3 is 10.6 Å². The lowest BCUT2D eigenvalue weighted by molar-refractivity contribution is 0.0953. The highest BCUT2D eigenvalue weighted by atomic mass is 16.1. The number of nitrogens with one attached hydrogen (secondary N) is 2. The quantitative estimate of drug-likeness (QED) is 0.557. The number of aryl methyl sites for hydroxylation is 1. The van der Waals surface area contributed by atoms with Crippen LogP contribution in [-0.2, 0) is 0 Å². The molecule has 0 saturated carbocycles. The largest absolute Gasteiger partial charge is 0.377 e. The molecule has 140 valence electrons. The van der Waals surface area contributed by atoms with Gasteiger partial charge >= 0.3 is 0 Å². The minimum Gasteiger partial charge on any atom is -0.377 e. The molecular weight excluding hydrogens is 332 g/mol. The van der Waals surface area contributed by atoms with Crippen molar-refractivity contribution >= 4 is 11.6 Å². The second kappa shape index (κ2) is 7.59. The summed E-state index contributed by atoms with van der Waals surface area (Å²) in [5, 5.41) is 6.84. The summed E-state index contributed by atoms with van der Waals surface area (Å²) in [5.74, 6) is 0.892. The molecule has 0 bridgehead atoms. The van der Waals surface area contributed by atoms with Crippen molar-refractivity contribution in [2.24, 2.45) is 5.92 Å². The molecule has 0 saturated heterocycles. The fraction of sp³-hybridized carbons (Fsp3) is 0.375.